The van der Waals surface area contributed by atoms with E-state index in [1.165, 1.54) is 11.0 Å². The Kier molecular flexibility index (Phi) is 5.29. The van der Waals surface area contributed by atoms with Gasteiger partial charge in [0.2, 0.25) is 5.91 Å². The summed E-state index contributed by atoms with van der Waals surface area (Å²) >= 11 is 0. The molecule has 2 aromatic carbocycles. The fourth-order valence-electron chi connectivity index (χ4n) is 3.02. The highest BCUT2D eigenvalue weighted by Gasteiger charge is 2.26. The van der Waals surface area contributed by atoms with Crippen LogP contribution in [0, 0.1) is 0 Å². The highest BCUT2D eigenvalue weighted by Crippen LogP contribution is 2.28. The van der Waals surface area contributed by atoms with Crippen molar-refractivity contribution < 1.29 is 19.1 Å². The van der Waals surface area contributed by atoms with Crippen LogP contribution in [-0.4, -0.2) is 37.1 Å². The number of amides is 3. The second kappa shape index (κ2) is 8.18. The van der Waals surface area contributed by atoms with Crippen LogP contribution in [0.25, 0.3) is 6.08 Å². The Morgan fingerprint density at radius 3 is 2.52 bits per heavy atom. The van der Waals surface area contributed by atoms with Crippen molar-refractivity contribution >= 4 is 35.4 Å². The van der Waals surface area contributed by atoms with Crippen molar-refractivity contribution in [2.45, 2.75) is 18.9 Å². The zero-order valence-electron chi connectivity index (χ0n) is 15.8. The first-order chi connectivity index (χ1) is 14.1. The summed E-state index contributed by atoms with van der Waals surface area (Å²) in [4.78, 5) is 37.7. The predicted octanol–water partition coefficient (Wildman–Crippen LogP) is 3.19. The minimum atomic E-state index is -0.423. The van der Waals surface area contributed by atoms with Crippen molar-refractivity contribution in [2.75, 3.05) is 23.4 Å². The minimum Gasteiger partial charge on any atom is -0.447 e. The van der Waals surface area contributed by atoms with Crippen LogP contribution in [0.1, 0.15) is 28.8 Å². The summed E-state index contributed by atoms with van der Waals surface area (Å²) in [6, 6.07) is 14.5. The van der Waals surface area contributed by atoms with Crippen molar-refractivity contribution in [1.29, 1.82) is 0 Å². The van der Waals surface area contributed by atoms with Gasteiger partial charge in [0, 0.05) is 17.7 Å². The lowest BCUT2D eigenvalue weighted by atomic mass is 10.1. The summed E-state index contributed by atoms with van der Waals surface area (Å²) < 4.78 is 4.97. The molecule has 29 heavy (non-hydrogen) atoms. The lowest BCUT2D eigenvalue weighted by Gasteiger charge is -2.17. The third-order valence-corrected chi connectivity index (χ3v) is 4.73. The molecule has 1 aliphatic carbocycles. The molecule has 1 saturated heterocycles. The molecule has 0 spiro atoms. The average molecular weight is 391 g/mol. The van der Waals surface area contributed by atoms with E-state index in [0.717, 1.165) is 18.4 Å². The van der Waals surface area contributed by atoms with Crippen LogP contribution in [-0.2, 0) is 9.53 Å². The molecule has 1 aliphatic heterocycles. The third kappa shape index (κ3) is 4.63. The van der Waals surface area contributed by atoms with E-state index in [-0.39, 0.29) is 11.8 Å². The van der Waals surface area contributed by atoms with Crippen LogP contribution < -0.4 is 15.5 Å². The van der Waals surface area contributed by atoms with Crippen LogP contribution >= 0.6 is 0 Å². The quantitative estimate of drug-likeness (QED) is 0.741. The first-order valence-electron chi connectivity index (χ1n) is 9.53. The summed E-state index contributed by atoms with van der Waals surface area (Å²) in [6.45, 7) is 0.776. The Labute approximate surface area is 168 Å². The molecular weight excluding hydrogens is 370 g/mol. The van der Waals surface area contributed by atoms with E-state index in [1.807, 2.05) is 0 Å². The monoisotopic (exact) mass is 391 g/mol. The van der Waals surface area contributed by atoms with E-state index in [4.69, 9.17) is 4.74 Å². The number of carbonyl (C=O) groups is 3. The standard InChI is InChI=1S/C22H21N3O4/c26-20(24-18-3-1-2-4-19(18)25-13-14-29-22(25)28)12-7-15-5-8-16(9-6-15)21(27)23-17-10-11-17/h1-9,12,17H,10-11,13-14H2,(H,23,27)(H,24,26)/b12-7+. The van der Waals surface area contributed by atoms with E-state index >= 15 is 0 Å². The molecule has 7 nitrogen and oxygen atoms in total. The molecule has 2 aliphatic rings. The molecule has 1 heterocycles. The van der Waals surface area contributed by atoms with Gasteiger partial charge in [-0.1, -0.05) is 24.3 Å². The Bertz CT molecular complexity index is 964. The summed E-state index contributed by atoms with van der Waals surface area (Å²) in [6.07, 6.45) is 4.75. The molecule has 148 valence electrons. The number of cyclic esters (lactones) is 1. The average Bonchev–Trinajstić information content (AvgIpc) is 3.45. The van der Waals surface area contributed by atoms with Crippen LogP contribution in [0.15, 0.2) is 54.6 Å². The molecule has 0 atom stereocenters. The Morgan fingerprint density at radius 1 is 1.07 bits per heavy atom. The number of rotatable bonds is 6. The third-order valence-electron chi connectivity index (χ3n) is 4.73. The normalized spacial score (nSPS) is 16.0. The molecule has 2 fully saturated rings. The number of ether oxygens (including phenoxy) is 1. The zero-order chi connectivity index (χ0) is 20.2. The molecule has 0 bridgehead atoms. The van der Waals surface area contributed by atoms with Gasteiger partial charge in [0.05, 0.1) is 17.9 Å². The smallest absolute Gasteiger partial charge is 0.414 e. The van der Waals surface area contributed by atoms with E-state index in [1.54, 1.807) is 54.6 Å². The number of anilines is 2. The van der Waals surface area contributed by atoms with Gasteiger partial charge in [-0.3, -0.25) is 14.5 Å². The van der Waals surface area contributed by atoms with Gasteiger partial charge in [0.25, 0.3) is 5.91 Å². The van der Waals surface area contributed by atoms with Crippen LogP contribution in [0.4, 0.5) is 16.2 Å². The van der Waals surface area contributed by atoms with Gasteiger partial charge in [-0.15, -0.1) is 0 Å². The van der Waals surface area contributed by atoms with Gasteiger partial charge in [0.15, 0.2) is 0 Å². The molecule has 0 unspecified atom stereocenters. The number of para-hydroxylation sites is 2. The topological polar surface area (TPSA) is 87.7 Å². The van der Waals surface area contributed by atoms with Gasteiger partial charge in [0.1, 0.15) is 6.61 Å². The Balaban J connectivity index is 1.39. The number of nitrogens with one attached hydrogen (secondary N) is 2. The van der Waals surface area contributed by atoms with E-state index in [0.29, 0.717) is 36.1 Å². The van der Waals surface area contributed by atoms with Gasteiger partial charge < -0.3 is 15.4 Å². The SMILES string of the molecule is O=C(/C=C/c1ccc(C(=O)NC2CC2)cc1)Nc1ccccc1N1CCOC1=O. The molecule has 0 aromatic heterocycles. The maximum Gasteiger partial charge on any atom is 0.414 e. The predicted molar refractivity (Wildman–Crippen MR) is 110 cm³/mol. The van der Waals surface area contributed by atoms with Gasteiger partial charge in [-0.25, -0.2) is 4.79 Å². The summed E-state index contributed by atoms with van der Waals surface area (Å²) in [5.41, 5.74) is 2.54. The number of benzene rings is 2. The molecule has 2 N–H and O–H groups in total. The second-order valence-corrected chi connectivity index (χ2v) is 6.98. The highest BCUT2D eigenvalue weighted by atomic mass is 16.6. The van der Waals surface area contributed by atoms with Crippen LogP contribution in [0.3, 0.4) is 0 Å². The molecule has 1 saturated carbocycles. The van der Waals surface area contributed by atoms with Gasteiger partial charge in [-0.2, -0.15) is 0 Å². The summed E-state index contributed by atoms with van der Waals surface area (Å²) in [5.74, 6) is -0.390. The van der Waals surface area contributed by atoms with E-state index in [9.17, 15) is 14.4 Å². The zero-order valence-corrected chi connectivity index (χ0v) is 15.8. The fraction of sp³-hybridized carbons (Fsp3) is 0.227. The highest BCUT2D eigenvalue weighted by molar-refractivity contribution is 6.05. The summed E-state index contributed by atoms with van der Waals surface area (Å²) in [7, 11) is 0. The molecule has 0 radical (unpaired) electrons. The van der Waals surface area contributed by atoms with Crippen molar-refractivity contribution in [3.8, 4) is 0 Å². The van der Waals surface area contributed by atoms with Gasteiger partial charge >= 0.3 is 6.09 Å². The molecule has 3 amide bonds. The number of nitrogens with zero attached hydrogens (tertiary/aromatic N) is 1. The van der Waals surface area contributed by atoms with E-state index < -0.39 is 6.09 Å². The maximum absolute atomic E-state index is 12.3. The molecule has 4 rings (SSSR count). The Morgan fingerprint density at radius 2 is 1.83 bits per heavy atom. The molecule has 7 heteroatoms. The van der Waals surface area contributed by atoms with Crippen molar-refractivity contribution in [2.24, 2.45) is 0 Å². The Hall–Kier alpha value is -3.61. The lowest BCUT2D eigenvalue weighted by molar-refractivity contribution is -0.111. The van der Waals surface area contributed by atoms with Crippen LogP contribution in [0.5, 0.6) is 0 Å². The molecule has 2 aromatic rings. The number of carbonyl (C=O) groups excluding carboxylic acids is 3. The van der Waals surface area contributed by atoms with Gasteiger partial charge in [-0.05, 0) is 48.7 Å². The van der Waals surface area contributed by atoms with E-state index in [2.05, 4.69) is 10.6 Å². The van der Waals surface area contributed by atoms with Crippen molar-refractivity contribution in [1.82, 2.24) is 5.32 Å². The maximum atomic E-state index is 12.3. The number of hydrogen-bond donors (Lipinski definition) is 2. The largest absolute Gasteiger partial charge is 0.447 e. The number of hydrogen-bond acceptors (Lipinski definition) is 4. The first-order valence-corrected chi connectivity index (χ1v) is 9.53. The second-order valence-electron chi connectivity index (χ2n) is 6.98. The molecular formula is C22H21N3O4. The minimum absolute atomic E-state index is 0.0715. The van der Waals surface area contributed by atoms with Crippen molar-refractivity contribution in [3.05, 3.63) is 65.7 Å². The van der Waals surface area contributed by atoms with Crippen molar-refractivity contribution in [3.63, 3.8) is 0 Å². The van der Waals surface area contributed by atoms with Crippen LogP contribution in [0.2, 0.25) is 0 Å². The summed E-state index contributed by atoms with van der Waals surface area (Å²) in [5, 5.41) is 5.74. The first kappa shape index (κ1) is 18.7. The lowest BCUT2D eigenvalue weighted by Crippen LogP contribution is -2.25. The fourth-order valence-corrected chi connectivity index (χ4v) is 3.02.